The van der Waals surface area contributed by atoms with Gasteiger partial charge < -0.3 is 5.32 Å². The first-order chi connectivity index (χ1) is 10.1. The summed E-state index contributed by atoms with van der Waals surface area (Å²) in [6.07, 6.45) is 4.89. The molecule has 0 bridgehead atoms. The van der Waals surface area contributed by atoms with E-state index in [2.05, 4.69) is 20.0 Å². The molecule has 0 radical (unpaired) electrons. The van der Waals surface area contributed by atoms with Crippen molar-refractivity contribution in [2.45, 2.75) is 17.7 Å². The summed E-state index contributed by atoms with van der Waals surface area (Å²) < 4.78 is 26.7. The summed E-state index contributed by atoms with van der Waals surface area (Å²) in [7, 11) is -1.73. The van der Waals surface area contributed by atoms with E-state index < -0.39 is 10.0 Å². The quantitative estimate of drug-likeness (QED) is 0.756. The van der Waals surface area contributed by atoms with Crippen molar-refractivity contribution >= 4 is 16.0 Å². The Morgan fingerprint density at radius 3 is 2.38 bits per heavy atom. The smallest absolute Gasteiger partial charge is 0.264 e. The van der Waals surface area contributed by atoms with Crippen LogP contribution < -0.4 is 10.0 Å². The summed E-state index contributed by atoms with van der Waals surface area (Å²) in [4.78, 5) is 7.90. The van der Waals surface area contributed by atoms with Crippen molar-refractivity contribution in [3.05, 3.63) is 48.3 Å². The molecular weight excluding hydrogens is 288 g/mol. The SMILES string of the molecule is CNCCCc1ccc(S(=O)(=O)Nc2ncccn2)cc1. The summed E-state index contributed by atoms with van der Waals surface area (Å²) in [5, 5.41) is 3.08. The standard InChI is InChI=1S/C14H18N4O2S/c1-15-9-2-4-12-5-7-13(8-6-12)21(19,20)18-14-16-10-3-11-17-14/h3,5-8,10-11,15H,2,4,9H2,1H3,(H,16,17,18). The molecule has 1 aromatic heterocycles. The lowest BCUT2D eigenvalue weighted by atomic mass is 10.1. The lowest BCUT2D eigenvalue weighted by Gasteiger charge is -2.07. The van der Waals surface area contributed by atoms with Gasteiger partial charge in [0, 0.05) is 12.4 Å². The molecule has 1 aromatic carbocycles. The molecule has 0 aliphatic carbocycles. The monoisotopic (exact) mass is 306 g/mol. The molecule has 0 aliphatic heterocycles. The van der Waals surface area contributed by atoms with E-state index >= 15 is 0 Å². The lowest BCUT2D eigenvalue weighted by Crippen LogP contribution is -2.14. The van der Waals surface area contributed by atoms with Crippen molar-refractivity contribution in [1.82, 2.24) is 15.3 Å². The fourth-order valence-corrected chi connectivity index (χ4v) is 2.79. The number of aromatic nitrogens is 2. The minimum Gasteiger partial charge on any atom is -0.320 e. The van der Waals surface area contributed by atoms with Crippen molar-refractivity contribution in [2.24, 2.45) is 0 Å². The molecule has 0 atom stereocenters. The van der Waals surface area contributed by atoms with Crippen LogP contribution in [-0.2, 0) is 16.4 Å². The molecule has 7 heteroatoms. The second-order valence-electron chi connectivity index (χ2n) is 4.53. The number of hydrogen-bond donors (Lipinski definition) is 2. The van der Waals surface area contributed by atoms with Crippen molar-refractivity contribution in [3.63, 3.8) is 0 Å². The fraction of sp³-hybridized carbons (Fsp3) is 0.286. The molecule has 1 heterocycles. The van der Waals surface area contributed by atoms with Crippen molar-refractivity contribution in [3.8, 4) is 0 Å². The zero-order valence-corrected chi connectivity index (χ0v) is 12.6. The van der Waals surface area contributed by atoms with E-state index in [1.54, 1.807) is 18.2 Å². The van der Waals surface area contributed by atoms with Crippen molar-refractivity contribution in [2.75, 3.05) is 18.3 Å². The molecule has 2 rings (SSSR count). The van der Waals surface area contributed by atoms with Gasteiger partial charge >= 0.3 is 0 Å². The van der Waals surface area contributed by atoms with Gasteiger partial charge in [0.05, 0.1) is 4.90 Å². The Kier molecular flexibility index (Phi) is 5.24. The average Bonchev–Trinajstić information content (AvgIpc) is 2.49. The van der Waals surface area contributed by atoms with Gasteiger partial charge in [-0.3, -0.25) is 0 Å². The first-order valence-electron chi connectivity index (χ1n) is 6.65. The topological polar surface area (TPSA) is 84.0 Å². The van der Waals surface area contributed by atoms with Gasteiger partial charge in [-0.2, -0.15) is 0 Å². The highest BCUT2D eigenvalue weighted by atomic mass is 32.2. The van der Waals surface area contributed by atoms with E-state index in [9.17, 15) is 8.42 Å². The van der Waals surface area contributed by atoms with Crippen LogP contribution in [-0.4, -0.2) is 32.0 Å². The highest BCUT2D eigenvalue weighted by molar-refractivity contribution is 7.92. The molecule has 0 aliphatic rings. The van der Waals surface area contributed by atoms with Gasteiger partial charge in [-0.05, 0) is 50.2 Å². The third-order valence-electron chi connectivity index (χ3n) is 2.92. The number of nitrogens with one attached hydrogen (secondary N) is 2. The number of aryl methyl sites for hydroxylation is 1. The van der Waals surface area contributed by atoms with Crippen LogP contribution in [0.2, 0.25) is 0 Å². The number of sulfonamides is 1. The van der Waals surface area contributed by atoms with Gasteiger partial charge in [0.15, 0.2) is 0 Å². The normalized spacial score (nSPS) is 11.3. The van der Waals surface area contributed by atoms with Crippen LogP contribution >= 0.6 is 0 Å². The number of anilines is 1. The molecule has 0 fully saturated rings. The third-order valence-corrected chi connectivity index (χ3v) is 4.26. The van der Waals surface area contributed by atoms with E-state index in [0.717, 1.165) is 24.9 Å². The maximum absolute atomic E-state index is 12.2. The molecular formula is C14H18N4O2S. The Balaban J connectivity index is 2.06. The Labute approximate surface area is 124 Å². The Bertz CT molecular complexity index is 657. The molecule has 112 valence electrons. The third kappa shape index (κ3) is 4.51. The summed E-state index contributed by atoms with van der Waals surface area (Å²) in [5.41, 5.74) is 1.11. The number of benzene rings is 1. The van der Waals surface area contributed by atoms with Crippen molar-refractivity contribution < 1.29 is 8.42 Å². The number of nitrogens with zero attached hydrogens (tertiary/aromatic N) is 2. The molecule has 2 aromatic rings. The minimum atomic E-state index is -3.64. The summed E-state index contributed by atoms with van der Waals surface area (Å²) >= 11 is 0. The van der Waals surface area contributed by atoms with E-state index in [1.807, 2.05) is 19.2 Å². The highest BCUT2D eigenvalue weighted by Crippen LogP contribution is 2.14. The molecule has 0 saturated heterocycles. The van der Waals surface area contributed by atoms with Crippen LogP contribution in [0.1, 0.15) is 12.0 Å². The second-order valence-corrected chi connectivity index (χ2v) is 6.21. The van der Waals surface area contributed by atoms with E-state index in [4.69, 9.17) is 0 Å². The van der Waals surface area contributed by atoms with Gasteiger partial charge in [-0.15, -0.1) is 0 Å². The van der Waals surface area contributed by atoms with Crippen LogP contribution in [0.15, 0.2) is 47.6 Å². The molecule has 0 saturated carbocycles. The Morgan fingerprint density at radius 2 is 1.76 bits per heavy atom. The van der Waals surface area contributed by atoms with Crippen LogP contribution in [0.4, 0.5) is 5.95 Å². The number of hydrogen-bond acceptors (Lipinski definition) is 5. The molecule has 21 heavy (non-hydrogen) atoms. The highest BCUT2D eigenvalue weighted by Gasteiger charge is 2.15. The predicted molar refractivity (Wildman–Crippen MR) is 81.5 cm³/mol. The van der Waals surface area contributed by atoms with Crippen molar-refractivity contribution in [1.29, 1.82) is 0 Å². The molecule has 0 amide bonds. The van der Waals surface area contributed by atoms with Gasteiger partial charge in [0.1, 0.15) is 0 Å². The lowest BCUT2D eigenvalue weighted by molar-refractivity contribution is 0.600. The summed E-state index contributed by atoms with van der Waals surface area (Å²) in [5.74, 6) is 0.0654. The summed E-state index contributed by atoms with van der Waals surface area (Å²) in [6.45, 7) is 0.937. The second kappa shape index (κ2) is 7.14. The largest absolute Gasteiger partial charge is 0.320 e. The molecule has 6 nitrogen and oxygen atoms in total. The summed E-state index contributed by atoms with van der Waals surface area (Å²) in [6, 6.07) is 8.48. The Hall–Kier alpha value is -1.99. The van der Waals surface area contributed by atoms with Crippen LogP contribution in [0, 0.1) is 0 Å². The minimum absolute atomic E-state index is 0.0654. The molecule has 0 unspecified atom stereocenters. The fourth-order valence-electron chi connectivity index (χ4n) is 1.84. The first-order valence-corrected chi connectivity index (χ1v) is 8.13. The van der Waals surface area contributed by atoms with Crippen LogP contribution in [0.25, 0.3) is 0 Å². The van der Waals surface area contributed by atoms with E-state index in [1.165, 1.54) is 12.4 Å². The zero-order chi connectivity index (χ0) is 15.1. The maximum Gasteiger partial charge on any atom is 0.264 e. The predicted octanol–water partition coefficient (Wildman–Crippen LogP) is 1.43. The van der Waals surface area contributed by atoms with E-state index in [0.29, 0.717) is 0 Å². The average molecular weight is 306 g/mol. The van der Waals surface area contributed by atoms with E-state index in [-0.39, 0.29) is 10.8 Å². The Morgan fingerprint density at radius 1 is 1.10 bits per heavy atom. The van der Waals surface area contributed by atoms with Crippen LogP contribution in [0.5, 0.6) is 0 Å². The van der Waals surface area contributed by atoms with Gasteiger partial charge in [-0.1, -0.05) is 12.1 Å². The molecule has 0 spiro atoms. The number of rotatable bonds is 7. The maximum atomic E-state index is 12.2. The van der Waals surface area contributed by atoms with Crippen LogP contribution in [0.3, 0.4) is 0 Å². The van der Waals surface area contributed by atoms with Gasteiger partial charge in [-0.25, -0.2) is 23.1 Å². The van der Waals surface area contributed by atoms with Gasteiger partial charge in [0.2, 0.25) is 5.95 Å². The first kappa shape index (κ1) is 15.4. The molecule has 2 N–H and O–H groups in total. The van der Waals surface area contributed by atoms with Gasteiger partial charge in [0.25, 0.3) is 10.0 Å². The zero-order valence-electron chi connectivity index (χ0n) is 11.8.